The van der Waals surface area contributed by atoms with Crippen LogP contribution in [0.15, 0.2) is 54.9 Å². The summed E-state index contributed by atoms with van der Waals surface area (Å²) >= 11 is 0. The first kappa shape index (κ1) is 18.2. The van der Waals surface area contributed by atoms with E-state index in [1.165, 1.54) is 0 Å². The van der Waals surface area contributed by atoms with Crippen LogP contribution in [0, 0.1) is 6.92 Å². The maximum atomic E-state index is 12.8. The molecular formula is C21H22N4O3. The zero-order chi connectivity index (χ0) is 19.3. The number of nitrogens with one attached hydrogen (secondary N) is 1. The lowest BCUT2D eigenvalue weighted by molar-refractivity contribution is 0.0656. The van der Waals surface area contributed by atoms with Gasteiger partial charge in [0.05, 0.1) is 17.8 Å². The van der Waals surface area contributed by atoms with Crippen LogP contribution < -0.4 is 10.1 Å². The van der Waals surface area contributed by atoms with E-state index in [1.807, 2.05) is 41.9 Å². The van der Waals surface area contributed by atoms with Gasteiger partial charge in [0.1, 0.15) is 5.75 Å². The van der Waals surface area contributed by atoms with Gasteiger partial charge in [0.15, 0.2) is 0 Å². The first-order valence-electron chi connectivity index (χ1n) is 9.33. The van der Waals surface area contributed by atoms with Crippen molar-refractivity contribution in [1.29, 1.82) is 0 Å². The molecule has 1 saturated heterocycles. The number of pyridine rings is 1. The summed E-state index contributed by atoms with van der Waals surface area (Å²) in [5.74, 6) is 0.913. The maximum absolute atomic E-state index is 12.8. The summed E-state index contributed by atoms with van der Waals surface area (Å²) < 4.78 is 13.1. The van der Waals surface area contributed by atoms with Gasteiger partial charge >= 0.3 is 0 Å². The van der Waals surface area contributed by atoms with Crippen molar-refractivity contribution in [3.63, 3.8) is 0 Å². The standard InChI is InChI=1S/C21H22N4O3/c1-15-19(14-23-25(15)17-8-11-27-12-9-17)21(26)24-16-5-4-6-18(13-16)28-20-7-2-3-10-22-20/h2-7,10,13-14,17H,8-9,11-12H2,1H3,(H,24,26). The fourth-order valence-electron chi connectivity index (χ4n) is 3.31. The van der Waals surface area contributed by atoms with E-state index in [0.29, 0.717) is 22.9 Å². The first-order valence-corrected chi connectivity index (χ1v) is 9.33. The lowest BCUT2D eigenvalue weighted by Gasteiger charge is -2.23. The van der Waals surface area contributed by atoms with Crippen LogP contribution in [-0.4, -0.2) is 33.9 Å². The summed E-state index contributed by atoms with van der Waals surface area (Å²) in [5.41, 5.74) is 2.09. The Kier molecular flexibility index (Phi) is 5.34. The Labute approximate surface area is 163 Å². The maximum Gasteiger partial charge on any atom is 0.259 e. The average Bonchev–Trinajstić information content (AvgIpc) is 3.11. The number of nitrogens with zero attached hydrogens (tertiary/aromatic N) is 3. The molecule has 0 unspecified atom stereocenters. The Morgan fingerprint density at radius 3 is 2.86 bits per heavy atom. The molecule has 0 radical (unpaired) electrons. The molecule has 1 N–H and O–H groups in total. The van der Waals surface area contributed by atoms with E-state index in [9.17, 15) is 4.79 Å². The van der Waals surface area contributed by atoms with Gasteiger partial charge in [-0.25, -0.2) is 4.98 Å². The van der Waals surface area contributed by atoms with E-state index in [-0.39, 0.29) is 11.9 Å². The lowest BCUT2D eigenvalue weighted by atomic mass is 10.1. The zero-order valence-corrected chi connectivity index (χ0v) is 15.7. The van der Waals surface area contributed by atoms with Crippen LogP contribution in [0.25, 0.3) is 0 Å². The third-order valence-electron chi connectivity index (χ3n) is 4.78. The van der Waals surface area contributed by atoms with Gasteiger partial charge in [-0.15, -0.1) is 0 Å². The van der Waals surface area contributed by atoms with E-state index in [0.717, 1.165) is 31.7 Å². The highest BCUT2D eigenvalue weighted by Crippen LogP contribution is 2.25. The molecule has 144 valence electrons. The highest BCUT2D eigenvalue weighted by atomic mass is 16.5. The topological polar surface area (TPSA) is 78.3 Å². The van der Waals surface area contributed by atoms with E-state index >= 15 is 0 Å². The largest absolute Gasteiger partial charge is 0.439 e. The Hall–Kier alpha value is -3.19. The molecule has 1 aliphatic heterocycles. The van der Waals surface area contributed by atoms with E-state index < -0.39 is 0 Å². The highest BCUT2D eigenvalue weighted by Gasteiger charge is 2.22. The van der Waals surface area contributed by atoms with Crippen LogP contribution in [0.1, 0.15) is 34.9 Å². The van der Waals surface area contributed by atoms with Crippen LogP contribution in [0.2, 0.25) is 0 Å². The second-order valence-electron chi connectivity index (χ2n) is 6.68. The number of carbonyl (C=O) groups is 1. The molecule has 0 aliphatic carbocycles. The third-order valence-corrected chi connectivity index (χ3v) is 4.78. The van der Waals surface area contributed by atoms with E-state index in [2.05, 4.69) is 15.4 Å². The molecule has 1 amide bonds. The number of hydrogen-bond acceptors (Lipinski definition) is 5. The van der Waals surface area contributed by atoms with Crippen molar-refractivity contribution in [2.75, 3.05) is 18.5 Å². The molecule has 4 rings (SSSR count). The van der Waals surface area contributed by atoms with Crippen molar-refractivity contribution >= 4 is 11.6 Å². The van der Waals surface area contributed by atoms with Crippen LogP contribution in [0.5, 0.6) is 11.6 Å². The van der Waals surface area contributed by atoms with Crippen molar-refractivity contribution in [3.8, 4) is 11.6 Å². The SMILES string of the molecule is Cc1c(C(=O)Nc2cccc(Oc3ccccn3)c2)cnn1C1CCOCC1. The number of benzene rings is 1. The molecule has 0 saturated carbocycles. The zero-order valence-electron chi connectivity index (χ0n) is 15.7. The number of amides is 1. The van der Waals surface area contributed by atoms with Gasteiger partial charge in [-0.05, 0) is 38.0 Å². The minimum absolute atomic E-state index is 0.189. The number of rotatable bonds is 5. The summed E-state index contributed by atoms with van der Waals surface area (Å²) in [7, 11) is 0. The first-order chi connectivity index (χ1) is 13.7. The smallest absolute Gasteiger partial charge is 0.259 e. The lowest BCUT2D eigenvalue weighted by Crippen LogP contribution is -2.22. The third kappa shape index (κ3) is 4.04. The number of anilines is 1. The van der Waals surface area contributed by atoms with Crippen molar-refractivity contribution in [1.82, 2.24) is 14.8 Å². The van der Waals surface area contributed by atoms with Crippen LogP contribution in [0.4, 0.5) is 5.69 Å². The molecule has 2 aromatic heterocycles. The summed E-state index contributed by atoms with van der Waals surface area (Å²) in [6.45, 7) is 3.39. The Morgan fingerprint density at radius 2 is 2.07 bits per heavy atom. The molecule has 1 aliphatic rings. The summed E-state index contributed by atoms with van der Waals surface area (Å²) in [6.07, 6.45) is 5.13. The van der Waals surface area contributed by atoms with Crippen molar-refractivity contribution in [3.05, 3.63) is 66.1 Å². The van der Waals surface area contributed by atoms with Gasteiger partial charge in [0.25, 0.3) is 5.91 Å². The second-order valence-corrected chi connectivity index (χ2v) is 6.68. The molecule has 28 heavy (non-hydrogen) atoms. The molecule has 3 aromatic rings. The molecule has 1 fully saturated rings. The highest BCUT2D eigenvalue weighted by molar-refractivity contribution is 6.05. The van der Waals surface area contributed by atoms with E-state index in [4.69, 9.17) is 9.47 Å². The quantitative estimate of drug-likeness (QED) is 0.726. The van der Waals surface area contributed by atoms with Gasteiger partial charge in [-0.2, -0.15) is 5.10 Å². The summed E-state index contributed by atoms with van der Waals surface area (Å²) in [5, 5.41) is 7.37. The molecule has 0 spiro atoms. The predicted octanol–water partition coefficient (Wildman–Crippen LogP) is 3.98. The minimum Gasteiger partial charge on any atom is -0.439 e. The van der Waals surface area contributed by atoms with Gasteiger partial charge < -0.3 is 14.8 Å². The fourth-order valence-corrected chi connectivity index (χ4v) is 3.31. The van der Waals surface area contributed by atoms with Gasteiger partial charge in [-0.1, -0.05) is 12.1 Å². The monoisotopic (exact) mass is 378 g/mol. The van der Waals surface area contributed by atoms with Crippen LogP contribution >= 0.6 is 0 Å². The molecule has 0 bridgehead atoms. The average molecular weight is 378 g/mol. The molecule has 7 nitrogen and oxygen atoms in total. The molecular weight excluding hydrogens is 356 g/mol. The number of hydrogen-bond donors (Lipinski definition) is 1. The molecule has 3 heterocycles. The molecule has 1 aromatic carbocycles. The number of carbonyl (C=O) groups excluding carboxylic acids is 1. The Morgan fingerprint density at radius 1 is 1.21 bits per heavy atom. The molecule has 7 heteroatoms. The minimum atomic E-state index is -0.189. The van der Waals surface area contributed by atoms with Crippen LogP contribution in [-0.2, 0) is 4.74 Å². The Bertz CT molecular complexity index is 949. The normalized spacial score (nSPS) is 14.6. The fraction of sp³-hybridized carbons (Fsp3) is 0.286. The van der Waals surface area contributed by atoms with Gasteiger partial charge in [-0.3, -0.25) is 9.48 Å². The second kappa shape index (κ2) is 8.22. The van der Waals surface area contributed by atoms with Crippen LogP contribution in [0.3, 0.4) is 0 Å². The summed E-state index contributed by atoms with van der Waals surface area (Å²) in [4.78, 5) is 16.9. The molecule has 0 atom stereocenters. The number of aromatic nitrogens is 3. The number of ether oxygens (including phenoxy) is 2. The Balaban J connectivity index is 1.46. The van der Waals surface area contributed by atoms with Crippen molar-refractivity contribution < 1.29 is 14.3 Å². The van der Waals surface area contributed by atoms with Crippen molar-refractivity contribution in [2.45, 2.75) is 25.8 Å². The summed E-state index contributed by atoms with van der Waals surface area (Å²) in [6, 6.07) is 13.0. The van der Waals surface area contributed by atoms with Gasteiger partial charge in [0.2, 0.25) is 5.88 Å². The van der Waals surface area contributed by atoms with Crippen molar-refractivity contribution in [2.24, 2.45) is 0 Å². The van der Waals surface area contributed by atoms with Gasteiger partial charge in [0, 0.05) is 42.9 Å². The predicted molar refractivity (Wildman–Crippen MR) is 105 cm³/mol. The van der Waals surface area contributed by atoms with E-state index in [1.54, 1.807) is 24.5 Å².